The topological polar surface area (TPSA) is 114 Å². The number of pyridine rings is 1. The van der Waals surface area contributed by atoms with Crippen molar-refractivity contribution in [1.82, 2.24) is 19.9 Å². The highest BCUT2D eigenvalue weighted by Gasteiger charge is 2.48. The standard InChI is InChI=1S/C30H43Cl2N5O4SSi/c1-10-37(16-22-12-23(31)14-24(32)13-22)30(38)27-28(41-43(18(3)4,19(5)6)20(7)8)25-26(33-15-21(9)35-25)29(36-27)34-17-42(39,40)11-2/h12-15,18-20H,10-11,16-17H2,1-9H3,(H,34,36). The number of hydrogen-bond acceptors (Lipinski definition) is 8. The van der Waals surface area contributed by atoms with E-state index in [0.717, 1.165) is 5.56 Å². The van der Waals surface area contributed by atoms with Crippen molar-refractivity contribution in [1.29, 1.82) is 0 Å². The maximum atomic E-state index is 14.4. The molecule has 9 nitrogen and oxygen atoms in total. The predicted octanol–water partition coefficient (Wildman–Crippen LogP) is 7.66. The Bertz CT molecular complexity index is 1540. The number of sulfone groups is 1. The van der Waals surface area contributed by atoms with Gasteiger partial charge in [-0.3, -0.25) is 4.79 Å². The molecule has 0 saturated carbocycles. The molecule has 0 aliphatic rings. The number of rotatable bonds is 13. The fraction of sp³-hybridized carbons (Fsp3) is 0.533. The lowest BCUT2D eigenvalue weighted by Gasteiger charge is -2.42. The van der Waals surface area contributed by atoms with Gasteiger partial charge in [0.05, 0.1) is 5.69 Å². The van der Waals surface area contributed by atoms with Gasteiger partial charge in [0.25, 0.3) is 14.2 Å². The van der Waals surface area contributed by atoms with Crippen LogP contribution in [0, 0.1) is 6.92 Å². The second-order valence-corrected chi connectivity index (χ2v) is 20.3. The Morgan fingerprint density at radius 1 is 0.977 bits per heavy atom. The van der Waals surface area contributed by atoms with Crippen LogP contribution in [-0.2, 0) is 16.4 Å². The Morgan fingerprint density at radius 2 is 1.56 bits per heavy atom. The molecule has 0 spiro atoms. The number of fused-ring (bicyclic) bond motifs is 1. The molecule has 0 fully saturated rings. The van der Waals surface area contributed by atoms with Crippen molar-refractivity contribution in [2.75, 3.05) is 23.5 Å². The first kappa shape index (κ1) is 35.0. The summed E-state index contributed by atoms with van der Waals surface area (Å²) in [6.07, 6.45) is 1.59. The Labute approximate surface area is 266 Å². The summed E-state index contributed by atoms with van der Waals surface area (Å²) < 4.78 is 32.0. The first-order valence-electron chi connectivity index (χ1n) is 14.6. The minimum absolute atomic E-state index is 0.0488. The van der Waals surface area contributed by atoms with Crippen LogP contribution in [0.3, 0.4) is 0 Å². The molecule has 2 aromatic heterocycles. The van der Waals surface area contributed by atoms with Crippen LogP contribution in [0.15, 0.2) is 24.4 Å². The van der Waals surface area contributed by atoms with Gasteiger partial charge in [0.1, 0.15) is 16.9 Å². The molecule has 1 N–H and O–H groups in total. The molecule has 0 saturated heterocycles. The zero-order chi connectivity index (χ0) is 32.3. The van der Waals surface area contributed by atoms with Crippen LogP contribution in [0.5, 0.6) is 5.75 Å². The van der Waals surface area contributed by atoms with Crippen LogP contribution >= 0.6 is 23.2 Å². The number of nitrogens with one attached hydrogen (secondary N) is 1. The Hall–Kier alpha value is -2.47. The highest BCUT2D eigenvalue weighted by Crippen LogP contribution is 2.45. The lowest BCUT2D eigenvalue weighted by atomic mass is 10.2. The number of aryl methyl sites for hydroxylation is 1. The van der Waals surface area contributed by atoms with E-state index in [1.54, 1.807) is 36.2 Å². The number of aromatic nitrogens is 3. The molecule has 0 aliphatic carbocycles. The minimum atomic E-state index is -3.41. The van der Waals surface area contributed by atoms with Crippen molar-refractivity contribution in [3.63, 3.8) is 0 Å². The Balaban J connectivity index is 2.33. The normalized spacial score (nSPS) is 12.4. The van der Waals surface area contributed by atoms with Crippen molar-refractivity contribution in [2.24, 2.45) is 0 Å². The smallest absolute Gasteiger partial charge is 0.276 e. The van der Waals surface area contributed by atoms with Gasteiger partial charge >= 0.3 is 0 Å². The lowest BCUT2D eigenvalue weighted by molar-refractivity contribution is 0.0744. The zero-order valence-corrected chi connectivity index (χ0v) is 29.8. The fourth-order valence-corrected chi connectivity index (χ4v) is 12.1. The second kappa shape index (κ2) is 14.1. The lowest BCUT2D eigenvalue weighted by Crippen LogP contribution is -2.51. The molecule has 0 aliphatic heterocycles. The number of amides is 1. The Kier molecular flexibility index (Phi) is 11.5. The molecule has 3 aromatic rings. The molecule has 0 atom stereocenters. The van der Waals surface area contributed by atoms with E-state index in [4.69, 9.17) is 37.6 Å². The fourth-order valence-electron chi connectivity index (χ4n) is 5.71. The first-order valence-corrected chi connectivity index (χ1v) is 19.3. The molecular weight excluding hydrogens is 625 g/mol. The highest BCUT2D eigenvalue weighted by molar-refractivity contribution is 7.91. The number of anilines is 1. The average molecular weight is 669 g/mol. The van der Waals surface area contributed by atoms with E-state index in [-0.39, 0.29) is 58.0 Å². The van der Waals surface area contributed by atoms with Gasteiger partial charge in [0.15, 0.2) is 27.1 Å². The van der Waals surface area contributed by atoms with Crippen LogP contribution in [0.2, 0.25) is 26.7 Å². The summed E-state index contributed by atoms with van der Waals surface area (Å²) in [5.74, 6) is -0.365. The third-order valence-electron chi connectivity index (χ3n) is 7.82. The number of carbonyl (C=O) groups is 1. The molecule has 1 aromatic carbocycles. The Morgan fingerprint density at radius 3 is 2.07 bits per heavy atom. The highest BCUT2D eigenvalue weighted by atomic mass is 35.5. The van der Waals surface area contributed by atoms with Gasteiger partial charge in [-0.25, -0.2) is 23.4 Å². The largest absolute Gasteiger partial charge is 0.540 e. The van der Waals surface area contributed by atoms with Crippen molar-refractivity contribution in [3.8, 4) is 5.75 Å². The van der Waals surface area contributed by atoms with E-state index in [0.29, 0.717) is 33.3 Å². The van der Waals surface area contributed by atoms with Gasteiger partial charge in [0, 0.05) is 35.1 Å². The molecule has 0 unspecified atom stereocenters. The van der Waals surface area contributed by atoms with E-state index in [2.05, 4.69) is 51.8 Å². The predicted molar refractivity (Wildman–Crippen MR) is 179 cm³/mol. The van der Waals surface area contributed by atoms with Gasteiger partial charge in [-0.05, 0) is 54.2 Å². The summed E-state index contributed by atoms with van der Waals surface area (Å²) in [7, 11) is -6.03. The quantitative estimate of drug-likeness (QED) is 0.185. The third kappa shape index (κ3) is 7.79. The third-order valence-corrected chi connectivity index (χ3v) is 15.7. The van der Waals surface area contributed by atoms with Gasteiger partial charge in [-0.15, -0.1) is 0 Å². The van der Waals surface area contributed by atoms with Gasteiger partial charge in [0.2, 0.25) is 0 Å². The summed E-state index contributed by atoms with van der Waals surface area (Å²) in [5, 5.41) is 3.86. The summed E-state index contributed by atoms with van der Waals surface area (Å²) in [4.78, 5) is 30.2. The van der Waals surface area contributed by atoms with E-state index >= 15 is 0 Å². The summed E-state index contributed by atoms with van der Waals surface area (Å²) in [6.45, 7) is 18.8. The number of benzene rings is 1. The van der Waals surface area contributed by atoms with E-state index in [9.17, 15) is 13.2 Å². The molecule has 0 radical (unpaired) electrons. The second-order valence-electron chi connectivity index (χ2n) is 11.7. The maximum absolute atomic E-state index is 14.4. The summed E-state index contributed by atoms with van der Waals surface area (Å²) in [6, 6.07) is 5.17. The molecule has 43 heavy (non-hydrogen) atoms. The van der Waals surface area contributed by atoms with E-state index < -0.39 is 18.2 Å². The van der Waals surface area contributed by atoms with Gasteiger partial charge < -0.3 is 14.6 Å². The SMILES string of the molecule is CCN(Cc1cc(Cl)cc(Cl)c1)C(=O)c1nc(NCS(=O)(=O)CC)c2ncc(C)nc2c1O[Si](C(C)C)(C(C)C)C(C)C. The number of hydrogen-bond donors (Lipinski definition) is 1. The van der Waals surface area contributed by atoms with E-state index in [1.165, 1.54) is 0 Å². The summed E-state index contributed by atoms with van der Waals surface area (Å²) in [5.41, 5.74) is 2.75. The monoisotopic (exact) mass is 667 g/mol. The minimum Gasteiger partial charge on any atom is -0.540 e. The molecule has 2 heterocycles. The van der Waals surface area contributed by atoms with Crippen molar-refractivity contribution >= 4 is 64.1 Å². The van der Waals surface area contributed by atoms with Crippen molar-refractivity contribution in [3.05, 3.63) is 51.4 Å². The van der Waals surface area contributed by atoms with Crippen LogP contribution < -0.4 is 9.74 Å². The van der Waals surface area contributed by atoms with Gasteiger partial charge in [-0.2, -0.15) is 0 Å². The van der Waals surface area contributed by atoms with Crippen molar-refractivity contribution < 1.29 is 17.6 Å². The number of halogens is 2. The molecule has 3 rings (SSSR count). The first-order chi connectivity index (χ1) is 20.1. The van der Waals surface area contributed by atoms with Gasteiger partial charge in [-0.1, -0.05) is 71.7 Å². The van der Waals surface area contributed by atoms with E-state index in [1.807, 2.05) is 13.8 Å². The number of nitrogens with zero attached hydrogens (tertiary/aromatic N) is 4. The van der Waals surface area contributed by atoms with Crippen LogP contribution in [0.4, 0.5) is 5.82 Å². The molecule has 1 amide bonds. The van der Waals surface area contributed by atoms with Crippen LogP contribution in [0.25, 0.3) is 11.0 Å². The van der Waals surface area contributed by atoms with Crippen LogP contribution in [-0.4, -0.2) is 60.7 Å². The molecule has 236 valence electrons. The zero-order valence-electron chi connectivity index (χ0n) is 26.5. The molecule has 0 bridgehead atoms. The maximum Gasteiger partial charge on any atom is 0.276 e. The average Bonchev–Trinajstić information content (AvgIpc) is 2.92. The van der Waals surface area contributed by atoms with Crippen LogP contribution in [0.1, 0.15) is 77.1 Å². The number of carbonyl (C=O) groups excluding carboxylic acids is 1. The molecular formula is C30H43Cl2N5O4SSi. The molecule has 13 heteroatoms. The summed E-state index contributed by atoms with van der Waals surface area (Å²) >= 11 is 12.5. The van der Waals surface area contributed by atoms with Crippen molar-refractivity contribution in [2.45, 2.75) is 85.5 Å².